The number of benzene rings is 1. The van der Waals surface area contributed by atoms with Gasteiger partial charge in [-0.25, -0.2) is 9.86 Å². The van der Waals surface area contributed by atoms with Crippen LogP contribution in [0.25, 0.3) is 0 Å². The number of phenolic OH excluding ortho intramolecular Hbond substituents is 1. The van der Waals surface area contributed by atoms with E-state index in [4.69, 9.17) is 19.9 Å². The second kappa shape index (κ2) is 16.1. The maximum absolute atomic E-state index is 13.6. The molecule has 1 aliphatic rings. The number of nitrogens with two attached hydrogens (primary N) is 1. The Hall–Kier alpha value is -3.84. The zero-order chi connectivity index (χ0) is 32.4. The molecular weight excluding hydrogens is 558 g/mol. The molecule has 1 aromatic carbocycles. The average Bonchev–Trinajstić information content (AvgIpc) is 2.94. The maximum Gasteiger partial charge on any atom is 0.405 e. The lowest BCUT2D eigenvalue weighted by Crippen LogP contribution is -2.37. The van der Waals surface area contributed by atoms with Crippen molar-refractivity contribution >= 4 is 23.4 Å². The molecule has 2 rings (SSSR count). The van der Waals surface area contributed by atoms with E-state index >= 15 is 0 Å². The van der Waals surface area contributed by atoms with Gasteiger partial charge < -0.3 is 40.6 Å². The molecule has 12 nitrogen and oxygen atoms in total. The lowest BCUT2D eigenvalue weighted by atomic mass is 9.87. The summed E-state index contributed by atoms with van der Waals surface area (Å²) in [7, 11) is 2.89. The second-order valence-corrected chi connectivity index (χ2v) is 10.8. The van der Waals surface area contributed by atoms with Crippen molar-refractivity contribution in [2.24, 2.45) is 17.6 Å². The fraction of sp³-hybridized carbons (Fsp3) is 0.484. The van der Waals surface area contributed by atoms with Gasteiger partial charge in [0.15, 0.2) is 6.10 Å². The molecule has 43 heavy (non-hydrogen) atoms. The summed E-state index contributed by atoms with van der Waals surface area (Å²) >= 11 is 0. The number of rotatable bonds is 6. The summed E-state index contributed by atoms with van der Waals surface area (Å²) in [5, 5.41) is 49.6. The first kappa shape index (κ1) is 35.4. The number of hydrogen-bond acceptors (Lipinski definition) is 10. The van der Waals surface area contributed by atoms with Crippen LogP contribution in [0, 0.1) is 11.8 Å². The Balaban J connectivity index is 2.71. The van der Waals surface area contributed by atoms with Crippen LogP contribution in [0.15, 0.2) is 54.2 Å². The Morgan fingerprint density at radius 1 is 1.28 bits per heavy atom. The summed E-state index contributed by atoms with van der Waals surface area (Å²) < 4.78 is 16.5. The number of primary amides is 1. The molecule has 0 aliphatic carbocycles. The van der Waals surface area contributed by atoms with Crippen molar-refractivity contribution in [1.29, 1.82) is 0 Å². The van der Waals surface area contributed by atoms with Gasteiger partial charge in [-0.15, -0.1) is 6.58 Å². The number of aromatic hydroxyl groups is 1. The highest BCUT2D eigenvalue weighted by Gasteiger charge is 2.30. The van der Waals surface area contributed by atoms with E-state index in [2.05, 4.69) is 11.9 Å². The van der Waals surface area contributed by atoms with E-state index in [-0.39, 0.29) is 41.4 Å². The number of carbonyl (C=O) groups excluding carboxylic acids is 2. The van der Waals surface area contributed by atoms with E-state index < -0.39 is 53.8 Å². The average molecular weight is 603 g/mol. The largest absolute Gasteiger partial charge is 0.871 e. The van der Waals surface area contributed by atoms with E-state index in [1.807, 2.05) is 6.92 Å². The third-order valence-electron chi connectivity index (χ3n) is 7.34. The summed E-state index contributed by atoms with van der Waals surface area (Å²) in [5.74, 6) is -2.35. The van der Waals surface area contributed by atoms with Gasteiger partial charge in [0.05, 0.1) is 18.8 Å². The van der Waals surface area contributed by atoms with Gasteiger partial charge in [0.25, 0.3) is 5.91 Å². The lowest BCUT2D eigenvalue weighted by molar-refractivity contribution is -0.268. The Kier molecular flexibility index (Phi) is 13.3. The van der Waals surface area contributed by atoms with E-state index in [0.717, 1.165) is 11.1 Å². The van der Waals surface area contributed by atoms with Crippen LogP contribution in [0.4, 0.5) is 16.2 Å². The van der Waals surface area contributed by atoms with Gasteiger partial charge in [0.1, 0.15) is 17.5 Å². The van der Waals surface area contributed by atoms with Crippen LogP contribution < -0.4 is 21.2 Å². The van der Waals surface area contributed by atoms with Crippen molar-refractivity contribution in [1.82, 2.24) is 0 Å². The molecule has 0 aromatic heterocycles. The number of nitrogens with zero attached hydrogens (tertiary/aromatic N) is 1. The molecule has 6 N–H and O–H groups in total. The van der Waals surface area contributed by atoms with Crippen LogP contribution in [-0.4, -0.2) is 72.6 Å². The summed E-state index contributed by atoms with van der Waals surface area (Å²) in [6, 6.07) is 1.09. The van der Waals surface area contributed by atoms with Crippen LogP contribution in [0.3, 0.4) is 0 Å². The minimum atomic E-state index is -1.01. The zero-order valence-corrected chi connectivity index (χ0v) is 25.6. The van der Waals surface area contributed by atoms with Crippen molar-refractivity contribution in [2.75, 3.05) is 31.1 Å². The van der Waals surface area contributed by atoms with Gasteiger partial charge in [-0.2, -0.15) is 0 Å². The first-order valence-corrected chi connectivity index (χ1v) is 13.9. The zero-order valence-electron chi connectivity index (χ0n) is 25.6. The molecule has 1 aliphatic heterocycles. The van der Waals surface area contributed by atoms with E-state index in [1.165, 1.54) is 39.4 Å². The molecular formula is C31H44N3O9-. The van der Waals surface area contributed by atoms with Crippen molar-refractivity contribution in [2.45, 2.75) is 65.0 Å². The molecule has 0 saturated carbocycles. The molecule has 0 saturated heterocycles. The van der Waals surface area contributed by atoms with E-state index in [9.17, 15) is 30.1 Å². The molecule has 1 aromatic rings. The van der Waals surface area contributed by atoms with Crippen molar-refractivity contribution in [3.8, 4) is 11.5 Å². The van der Waals surface area contributed by atoms with Crippen molar-refractivity contribution < 1.29 is 44.3 Å². The molecule has 6 atom stereocenters. The van der Waals surface area contributed by atoms with E-state index in [0.29, 0.717) is 12.0 Å². The highest BCUT2D eigenvalue weighted by atomic mass is 16.6. The molecule has 0 unspecified atom stereocenters. The van der Waals surface area contributed by atoms with Crippen molar-refractivity contribution in [3.05, 3.63) is 59.7 Å². The topological polar surface area (TPSA) is 187 Å². The first-order valence-electron chi connectivity index (χ1n) is 13.9. The number of hydrogen-bond donors (Lipinski definition) is 5. The number of hydroxylamine groups is 1. The number of methoxy groups -OCH3 is 2. The van der Waals surface area contributed by atoms with Gasteiger partial charge in [0, 0.05) is 37.5 Å². The summed E-state index contributed by atoms with van der Waals surface area (Å²) in [6.45, 7) is 10.4. The predicted octanol–water partition coefficient (Wildman–Crippen LogP) is 3.31. The molecule has 2 bridgehead atoms. The number of aliphatic hydroxyl groups excluding tert-OH is 1. The number of nitrogens with one attached hydrogen (secondary N) is 1. The van der Waals surface area contributed by atoms with Crippen LogP contribution in [0.5, 0.6) is 11.5 Å². The van der Waals surface area contributed by atoms with E-state index in [1.54, 1.807) is 26.0 Å². The summed E-state index contributed by atoms with van der Waals surface area (Å²) in [4.78, 5) is 24.7. The molecule has 12 heteroatoms. The lowest BCUT2D eigenvalue weighted by Gasteiger charge is -2.31. The number of aliphatic hydroxyl groups is 1. The molecule has 1 heterocycles. The number of anilines is 2. The van der Waals surface area contributed by atoms with Gasteiger partial charge >= 0.3 is 6.09 Å². The Bertz CT molecular complexity index is 1240. The number of allylic oxidation sites excluding steroid dienone is 2. The van der Waals surface area contributed by atoms with Gasteiger partial charge in [-0.1, -0.05) is 50.0 Å². The fourth-order valence-electron chi connectivity index (χ4n) is 5.08. The highest BCUT2D eigenvalue weighted by Crippen LogP contribution is 2.42. The van der Waals surface area contributed by atoms with Crippen molar-refractivity contribution in [3.63, 3.8) is 0 Å². The number of fused-ring (bicyclic) bond motifs is 2. The Labute approximate surface area is 252 Å². The van der Waals surface area contributed by atoms with Crippen LogP contribution in [0.2, 0.25) is 0 Å². The maximum atomic E-state index is 13.6. The molecule has 0 spiro atoms. The highest BCUT2D eigenvalue weighted by molar-refractivity contribution is 6.04. The first-order chi connectivity index (χ1) is 20.2. The third kappa shape index (κ3) is 9.32. The monoisotopic (exact) mass is 602 g/mol. The van der Waals surface area contributed by atoms with Gasteiger partial charge in [-0.05, 0) is 43.7 Å². The Morgan fingerprint density at radius 3 is 2.53 bits per heavy atom. The van der Waals surface area contributed by atoms with Gasteiger partial charge in [-0.3, -0.25) is 10.0 Å². The minimum absolute atomic E-state index is 0.0696. The van der Waals surface area contributed by atoms with Crippen LogP contribution in [0.1, 0.15) is 39.7 Å². The number of phenols is 1. The third-order valence-corrected chi connectivity index (χ3v) is 7.34. The predicted molar refractivity (Wildman–Crippen MR) is 161 cm³/mol. The SMILES string of the molecule is C=CCN(O)c1c(O)cc2c([O-])c1C[C@@H](C)C[C@H](OC)[C@H](O)[C@@H](C)/C=C(\C)[C@H](OC(N)=O)[C@@H](OC)/C=C\C=C(/C)C(=O)N2. The summed E-state index contributed by atoms with van der Waals surface area (Å²) in [6.07, 6.45) is 3.70. The molecule has 0 radical (unpaired) electrons. The Morgan fingerprint density at radius 2 is 1.95 bits per heavy atom. The number of ether oxygens (including phenoxy) is 3. The second-order valence-electron chi connectivity index (χ2n) is 10.8. The quantitative estimate of drug-likeness (QED) is 0.239. The van der Waals surface area contributed by atoms with Gasteiger partial charge in [0.2, 0.25) is 0 Å². The fourth-order valence-corrected chi connectivity index (χ4v) is 5.08. The number of carbonyl (C=O) groups is 2. The minimum Gasteiger partial charge on any atom is -0.871 e. The smallest absolute Gasteiger partial charge is 0.405 e. The van der Waals surface area contributed by atoms with Crippen LogP contribution >= 0.6 is 0 Å². The summed E-state index contributed by atoms with van der Waals surface area (Å²) in [5.41, 5.74) is 5.94. The normalized spacial score (nSPS) is 28.9. The standard InChI is InChI=1S/C31H45N3O9/c1-8-12-34(40)26-21-13-17(2)14-25(42-7)27(36)19(4)15-20(5)29(43-31(32)39)24(41-6)11-9-10-18(3)30(38)33-22(28(21)37)16-23(26)35/h8-11,15-17,19,24-25,27,29,35-37,40H,1,12-14H2,2-7H3,(H2,32,39)(H,33,38)/p-1/b11-9-,18-10+,20-15+/t17-,19+,24+,25+,27-,29+/m1/s1. The molecule has 0 fully saturated rings. The molecule has 238 valence electrons. The number of amides is 2. The van der Waals surface area contributed by atoms with Crippen LogP contribution in [-0.2, 0) is 25.4 Å². The molecule has 2 amide bonds.